The Labute approximate surface area is 156 Å². The minimum Gasteiger partial charge on any atom is -0.364 e. The Bertz CT molecular complexity index is 1010. The van der Waals surface area contributed by atoms with Crippen LogP contribution in [0.4, 0.5) is 0 Å². The summed E-state index contributed by atoms with van der Waals surface area (Å²) >= 11 is 0. The maximum atomic E-state index is 12.7. The highest BCUT2D eigenvalue weighted by Crippen LogP contribution is 2.23. The highest BCUT2D eigenvalue weighted by atomic mass is 16.5. The summed E-state index contributed by atoms with van der Waals surface area (Å²) in [6.07, 6.45) is 3.07. The Morgan fingerprint density at radius 2 is 2.11 bits per heavy atom. The number of likely N-dealkylation sites (tertiary alicyclic amines) is 1. The second-order valence-corrected chi connectivity index (χ2v) is 6.96. The molecule has 0 saturated carbocycles. The zero-order chi connectivity index (χ0) is 19.0. The van der Waals surface area contributed by atoms with E-state index in [4.69, 9.17) is 4.52 Å². The van der Waals surface area contributed by atoms with Crippen LogP contribution in [-0.4, -0.2) is 46.0 Å². The lowest BCUT2D eigenvalue weighted by Crippen LogP contribution is -2.57. The molecule has 0 aliphatic carbocycles. The monoisotopic (exact) mass is 364 g/mol. The molecule has 27 heavy (non-hydrogen) atoms. The average molecular weight is 364 g/mol. The van der Waals surface area contributed by atoms with Gasteiger partial charge in [-0.15, -0.1) is 0 Å². The fourth-order valence-electron chi connectivity index (χ4n) is 3.29. The van der Waals surface area contributed by atoms with E-state index < -0.39 is 0 Å². The molecule has 4 rings (SSSR count). The maximum absolute atomic E-state index is 12.7. The second-order valence-electron chi connectivity index (χ2n) is 6.96. The lowest BCUT2D eigenvalue weighted by Gasteiger charge is -2.42. The molecule has 0 radical (unpaired) electrons. The van der Waals surface area contributed by atoms with Crippen molar-refractivity contribution in [2.45, 2.75) is 19.9 Å². The number of rotatable bonds is 4. The number of amides is 2. The van der Waals surface area contributed by atoms with Gasteiger partial charge in [-0.05, 0) is 32.0 Å². The molecule has 1 aromatic carbocycles. The van der Waals surface area contributed by atoms with Gasteiger partial charge in [0.15, 0.2) is 0 Å². The van der Waals surface area contributed by atoms with Gasteiger partial charge in [-0.1, -0.05) is 17.3 Å². The molecule has 3 heterocycles. The Hall–Kier alpha value is -3.22. The van der Waals surface area contributed by atoms with Gasteiger partial charge in [-0.3, -0.25) is 14.6 Å². The molecular weight excluding hydrogens is 344 g/mol. The van der Waals surface area contributed by atoms with Gasteiger partial charge in [0.1, 0.15) is 11.8 Å². The summed E-state index contributed by atoms with van der Waals surface area (Å²) in [5.41, 5.74) is 2.45. The first kappa shape index (κ1) is 17.2. The quantitative estimate of drug-likeness (QED) is 0.768. The van der Waals surface area contributed by atoms with Crippen molar-refractivity contribution in [3.05, 3.63) is 59.6 Å². The molecule has 1 aliphatic rings. The van der Waals surface area contributed by atoms with Crippen molar-refractivity contribution in [1.29, 1.82) is 0 Å². The van der Waals surface area contributed by atoms with E-state index in [0.717, 1.165) is 10.9 Å². The van der Waals surface area contributed by atoms with E-state index >= 15 is 0 Å². The van der Waals surface area contributed by atoms with Crippen molar-refractivity contribution in [2.24, 2.45) is 5.92 Å². The summed E-state index contributed by atoms with van der Waals surface area (Å²) in [4.78, 5) is 31.0. The lowest BCUT2D eigenvalue weighted by molar-refractivity contribution is 0.0430. The van der Waals surface area contributed by atoms with Gasteiger partial charge in [-0.25, -0.2) is 0 Å². The number of nitrogens with one attached hydrogen (secondary N) is 1. The van der Waals surface area contributed by atoms with Crippen LogP contribution in [0.3, 0.4) is 0 Å². The first-order chi connectivity index (χ1) is 13.0. The number of nitrogens with zero attached hydrogens (tertiary/aromatic N) is 3. The van der Waals surface area contributed by atoms with Crippen LogP contribution in [0.2, 0.25) is 0 Å². The molecule has 2 amide bonds. The van der Waals surface area contributed by atoms with Gasteiger partial charge in [0.05, 0.1) is 11.2 Å². The molecule has 7 nitrogen and oxygen atoms in total. The number of aryl methyl sites for hydroxylation is 1. The minimum absolute atomic E-state index is 0.00721. The summed E-state index contributed by atoms with van der Waals surface area (Å²) in [7, 11) is 0. The largest absolute Gasteiger partial charge is 0.364 e. The van der Waals surface area contributed by atoms with E-state index in [9.17, 15) is 9.59 Å². The fraction of sp³-hybridized carbons (Fsp3) is 0.300. The van der Waals surface area contributed by atoms with Crippen LogP contribution in [0.25, 0.3) is 10.9 Å². The Kier molecular flexibility index (Phi) is 4.35. The predicted octanol–water partition coefficient (Wildman–Crippen LogP) is 2.42. The zero-order valence-corrected chi connectivity index (χ0v) is 15.2. The van der Waals surface area contributed by atoms with Crippen LogP contribution in [-0.2, 0) is 0 Å². The van der Waals surface area contributed by atoms with Crippen LogP contribution in [0, 0.1) is 12.8 Å². The number of hydrogen-bond donors (Lipinski definition) is 1. The van der Waals surface area contributed by atoms with Crippen molar-refractivity contribution in [3.63, 3.8) is 0 Å². The van der Waals surface area contributed by atoms with Crippen molar-refractivity contribution >= 4 is 22.7 Å². The predicted molar refractivity (Wildman–Crippen MR) is 99.3 cm³/mol. The molecule has 0 unspecified atom stereocenters. The lowest BCUT2D eigenvalue weighted by atomic mass is 9.91. The van der Waals surface area contributed by atoms with E-state index in [1.165, 1.54) is 6.26 Å². The molecule has 1 fully saturated rings. The van der Waals surface area contributed by atoms with Crippen LogP contribution in [0.1, 0.15) is 33.3 Å². The van der Waals surface area contributed by atoms with Crippen molar-refractivity contribution in [3.8, 4) is 0 Å². The van der Waals surface area contributed by atoms with Gasteiger partial charge in [0.25, 0.3) is 11.8 Å². The van der Waals surface area contributed by atoms with E-state index in [1.807, 2.05) is 37.3 Å². The number of fused-ring (bicyclic) bond motifs is 1. The van der Waals surface area contributed by atoms with Gasteiger partial charge >= 0.3 is 0 Å². The van der Waals surface area contributed by atoms with Crippen molar-refractivity contribution < 1.29 is 14.1 Å². The number of aromatic nitrogens is 2. The summed E-state index contributed by atoms with van der Waals surface area (Å²) in [5.74, 6) is 0.00971. The van der Waals surface area contributed by atoms with Gasteiger partial charge in [-0.2, -0.15) is 0 Å². The molecule has 1 saturated heterocycles. The summed E-state index contributed by atoms with van der Waals surface area (Å²) < 4.78 is 4.81. The zero-order valence-electron chi connectivity index (χ0n) is 15.2. The van der Waals surface area contributed by atoms with Crippen LogP contribution >= 0.6 is 0 Å². The van der Waals surface area contributed by atoms with Crippen molar-refractivity contribution in [2.75, 3.05) is 13.1 Å². The van der Waals surface area contributed by atoms with Crippen LogP contribution in [0.15, 0.2) is 47.3 Å². The topological polar surface area (TPSA) is 88.3 Å². The Morgan fingerprint density at radius 1 is 1.30 bits per heavy atom. The molecular formula is C20H20N4O3. The maximum Gasteiger partial charge on any atom is 0.256 e. The normalized spacial score (nSPS) is 15.4. The summed E-state index contributed by atoms with van der Waals surface area (Å²) in [5, 5.41) is 7.69. The van der Waals surface area contributed by atoms with Gasteiger partial charge in [0, 0.05) is 42.2 Å². The third-order valence-corrected chi connectivity index (χ3v) is 5.11. The van der Waals surface area contributed by atoms with Crippen molar-refractivity contribution in [1.82, 2.24) is 20.4 Å². The van der Waals surface area contributed by atoms with Crippen LogP contribution in [0.5, 0.6) is 0 Å². The Morgan fingerprint density at radius 3 is 2.85 bits per heavy atom. The highest BCUT2D eigenvalue weighted by molar-refractivity contribution is 5.98. The fourth-order valence-corrected chi connectivity index (χ4v) is 3.29. The number of carbonyl (C=O) groups is 2. The number of hydrogen-bond acceptors (Lipinski definition) is 5. The molecule has 1 N–H and O–H groups in total. The minimum atomic E-state index is -0.202. The SMILES string of the molecule is Cc1nocc1C(=O)N[C@@H](C)C1CN(C(=O)c2ccc3cccnc3c2)C1. The molecule has 1 aliphatic heterocycles. The van der Waals surface area contributed by atoms with Gasteiger partial charge < -0.3 is 14.7 Å². The van der Waals surface area contributed by atoms with E-state index in [-0.39, 0.29) is 23.8 Å². The molecule has 7 heteroatoms. The number of carbonyl (C=O) groups excluding carboxylic acids is 2. The Balaban J connectivity index is 1.36. The molecule has 2 aromatic heterocycles. The molecule has 3 aromatic rings. The molecule has 138 valence electrons. The summed E-state index contributed by atoms with van der Waals surface area (Å²) in [6, 6.07) is 9.37. The van der Waals surface area contributed by atoms with E-state index in [0.29, 0.717) is 29.9 Å². The third-order valence-electron chi connectivity index (χ3n) is 5.11. The van der Waals surface area contributed by atoms with E-state index in [1.54, 1.807) is 18.0 Å². The van der Waals surface area contributed by atoms with Gasteiger partial charge in [0.2, 0.25) is 0 Å². The second kappa shape index (κ2) is 6.83. The molecule has 0 spiro atoms. The number of benzene rings is 1. The smallest absolute Gasteiger partial charge is 0.256 e. The first-order valence-corrected chi connectivity index (χ1v) is 8.89. The molecule has 1 atom stereocenters. The first-order valence-electron chi connectivity index (χ1n) is 8.89. The van der Waals surface area contributed by atoms with Crippen LogP contribution < -0.4 is 5.32 Å². The number of pyridine rings is 1. The third kappa shape index (κ3) is 3.28. The van der Waals surface area contributed by atoms with E-state index in [2.05, 4.69) is 15.5 Å². The average Bonchev–Trinajstić information content (AvgIpc) is 3.06. The summed E-state index contributed by atoms with van der Waals surface area (Å²) in [6.45, 7) is 4.91. The molecule has 0 bridgehead atoms. The standard InChI is InChI=1S/C20H20N4O3/c1-12(22-19(25)17-11-27-23-13(17)2)16-9-24(10-16)20(26)15-6-5-14-4-3-7-21-18(14)8-15/h3-8,11-12,16H,9-10H2,1-2H3,(H,22,25)/t12-/m0/s1. The highest BCUT2D eigenvalue weighted by Gasteiger charge is 2.35.